The van der Waals surface area contributed by atoms with E-state index in [1.807, 2.05) is 37.3 Å². The molecule has 2 aliphatic rings. The number of aliphatic imine (C=N–C) groups is 1. The highest BCUT2D eigenvalue weighted by Gasteiger charge is 2.48. The molecule has 2 heterocycles. The van der Waals surface area contributed by atoms with Crippen LogP contribution in [-0.4, -0.2) is 58.3 Å². The normalized spacial score (nSPS) is 35.1. The molecule has 0 saturated carbocycles. The third-order valence-electron chi connectivity index (χ3n) is 3.91. The van der Waals surface area contributed by atoms with E-state index in [4.69, 9.17) is 9.47 Å². The third kappa shape index (κ3) is 3.87. The molecule has 7 heteroatoms. The molecule has 0 spiro atoms. The minimum Gasteiger partial charge on any atom is -0.388 e. The van der Waals surface area contributed by atoms with Crippen LogP contribution in [0.2, 0.25) is 0 Å². The van der Waals surface area contributed by atoms with Crippen LogP contribution in [0.3, 0.4) is 0 Å². The molecule has 0 aromatic heterocycles. The van der Waals surface area contributed by atoms with Gasteiger partial charge in [-0.05, 0) is 12.5 Å². The molecular formula is C16H22N2O4S. The molecule has 3 N–H and O–H groups in total. The van der Waals surface area contributed by atoms with Gasteiger partial charge in [0.25, 0.3) is 0 Å². The zero-order valence-electron chi connectivity index (χ0n) is 13.0. The summed E-state index contributed by atoms with van der Waals surface area (Å²) in [6, 6.07) is 9.47. The maximum atomic E-state index is 10.3. The summed E-state index contributed by atoms with van der Waals surface area (Å²) in [6.45, 7) is 3.29. The van der Waals surface area contributed by atoms with Crippen LogP contribution in [0, 0.1) is 0 Å². The van der Waals surface area contributed by atoms with Crippen LogP contribution < -0.4 is 5.32 Å². The Bertz CT molecular complexity index is 542. The minimum atomic E-state index is -0.985. The van der Waals surface area contributed by atoms with Crippen LogP contribution in [0.1, 0.15) is 12.5 Å². The van der Waals surface area contributed by atoms with Gasteiger partial charge in [0.05, 0.1) is 19.3 Å². The number of benzene rings is 1. The van der Waals surface area contributed by atoms with E-state index in [0.29, 0.717) is 13.2 Å². The Morgan fingerprint density at radius 1 is 1.26 bits per heavy atom. The average molecular weight is 338 g/mol. The molecule has 6 nitrogen and oxygen atoms in total. The number of fused-ring (bicyclic) bond motifs is 1. The summed E-state index contributed by atoms with van der Waals surface area (Å²) in [6.07, 6.45) is -2.44. The number of hydrogen-bond acceptors (Lipinski definition) is 6. The lowest BCUT2D eigenvalue weighted by Gasteiger charge is -2.38. The number of thioether (sulfide) groups is 1. The fraction of sp³-hybridized carbons (Fsp3) is 0.562. The molecule has 3 rings (SSSR count). The predicted octanol–water partition coefficient (Wildman–Crippen LogP) is 0.731. The Labute approximate surface area is 139 Å². The zero-order valence-corrected chi connectivity index (χ0v) is 13.8. The summed E-state index contributed by atoms with van der Waals surface area (Å²) >= 11 is 1.45. The molecule has 0 unspecified atom stereocenters. The number of ether oxygens (including phenoxy) is 2. The summed E-state index contributed by atoms with van der Waals surface area (Å²) in [4.78, 5) is 4.30. The predicted molar refractivity (Wildman–Crippen MR) is 89.3 cm³/mol. The van der Waals surface area contributed by atoms with Crippen molar-refractivity contribution < 1.29 is 19.7 Å². The minimum absolute atomic E-state index is 0.233. The lowest BCUT2D eigenvalue weighted by Crippen LogP contribution is -2.59. The first-order chi connectivity index (χ1) is 11.2. The lowest BCUT2D eigenvalue weighted by molar-refractivity contribution is -0.174. The van der Waals surface area contributed by atoms with Crippen LogP contribution in [-0.2, 0) is 16.1 Å². The van der Waals surface area contributed by atoms with E-state index in [2.05, 4.69) is 10.3 Å². The molecule has 23 heavy (non-hydrogen) atoms. The first kappa shape index (κ1) is 16.7. The van der Waals surface area contributed by atoms with E-state index in [-0.39, 0.29) is 18.1 Å². The Morgan fingerprint density at radius 3 is 2.78 bits per heavy atom. The molecule has 2 aliphatic heterocycles. The summed E-state index contributed by atoms with van der Waals surface area (Å²) in [5.74, 6) is 0. The SMILES string of the molecule is CCN=C1N[C@@H]2[C@@H](O)[C@H](O)[C@@H](COCc3ccccc3)O[C@@H]2S1. The van der Waals surface area contributed by atoms with Gasteiger partial charge < -0.3 is 25.0 Å². The summed E-state index contributed by atoms with van der Waals surface area (Å²) in [5.41, 5.74) is 0.800. The average Bonchev–Trinajstić information content (AvgIpc) is 2.96. The van der Waals surface area contributed by atoms with Crippen LogP contribution >= 0.6 is 11.8 Å². The molecule has 126 valence electrons. The van der Waals surface area contributed by atoms with Gasteiger partial charge in [-0.15, -0.1) is 0 Å². The van der Waals surface area contributed by atoms with E-state index in [0.717, 1.165) is 10.7 Å². The maximum absolute atomic E-state index is 10.3. The van der Waals surface area contributed by atoms with Crippen LogP contribution in [0.4, 0.5) is 0 Å². The molecule has 2 fully saturated rings. The Hall–Kier alpha value is -1.12. The Morgan fingerprint density at radius 2 is 2.04 bits per heavy atom. The third-order valence-corrected chi connectivity index (χ3v) is 5.02. The summed E-state index contributed by atoms with van der Waals surface area (Å²) in [5, 5.41) is 24.4. The molecule has 1 aromatic rings. The smallest absolute Gasteiger partial charge is 0.159 e. The van der Waals surface area contributed by atoms with E-state index < -0.39 is 18.3 Å². The quantitative estimate of drug-likeness (QED) is 0.734. The standard InChI is InChI=1S/C16H22N2O4S/c1-2-17-16-18-12-14(20)13(19)11(22-15(12)23-16)9-21-8-10-6-4-3-5-7-10/h3-7,11-15,19-20H,2,8-9H2,1H3,(H,17,18)/t11-,12-,13-,14-,15-/m1/s1. The van der Waals surface area contributed by atoms with Crippen molar-refractivity contribution in [2.45, 2.75) is 43.3 Å². The van der Waals surface area contributed by atoms with E-state index in [1.165, 1.54) is 11.8 Å². The zero-order chi connectivity index (χ0) is 16.2. The fourth-order valence-corrected chi connectivity index (χ4v) is 3.91. The summed E-state index contributed by atoms with van der Waals surface area (Å²) < 4.78 is 11.5. The number of aliphatic hydroxyl groups excluding tert-OH is 2. The molecular weight excluding hydrogens is 316 g/mol. The van der Waals surface area contributed by atoms with Gasteiger partial charge >= 0.3 is 0 Å². The van der Waals surface area contributed by atoms with Crippen LogP contribution in [0.25, 0.3) is 0 Å². The van der Waals surface area contributed by atoms with Crippen molar-refractivity contribution in [3.63, 3.8) is 0 Å². The van der Waals surface area contributed by atoms with Gasteiger partial charge in [0.15, 0.2) is 5.17 Å². The van der Waals surface area contributed by atoms with Gasteiger partial charge in [0.1, 0.15) is 23.7 Å². The lowest BCUT2D eigenvalue weighted by atomic mass is 9.98. The number of nitrogens with one attached hydrogen (secondary N) is 1. The maximum Gasteiger partial charge on any atom is 0.159 e. The monoisotopic (exact) mass is 338 g/mol. The van der Waals surface area contributed by atoms with Crippen molar-refractivity contribution in [1.82, 2.24) is 5.32 Å². The highest BCUT2D eigenvalue weighted by molar-refractivity contribution is 8.14. The number of nitrogens with zero attached hydrogens (tertiary/aromatic N) is 1. The van der Waals surface area contributed by atoms with E-state index in [9.17, 15) is 10.2 Å². The van der Waals surface area contributed by atoms with Gasteiger partial charge in [-0.25, -0.2) is 0 Å². The molecule has 5 atom stereocenters. The Kier molecular flexibility index (Phi) is 5.55. The first-order valence-electron chi connectivity index (χ1n) is 7.80. The second-order valence-electron chi connectivity index (χ2n) is 5.59. The molecule has 2 saturated heterocycles. The van der Waals surface area contributed by atoms with Crippen molar-refractivity contribution in [3.8, 4) is 0 Å². The van der Waals surface area contributed by atoms with Crippen molar-refractivity contribution >= 4 is 16.9 Å². The van der Waals surface area contributed by atoms with Gasteiger partial charge in [0, 0.05) is 6.54 Å². The van der Waals surface area contributed by atoms with Gasteiger partial charge in [-0.1, -0.05) is 42.1 Å². The van der Waals surface area contributed by atoms with Crippen molar-refractivity contribution in [3.05, 3.63) is 35.9 Å². The topological polar surface area (TPSA) is 83.3 Å². The molecule has 1 aromatic carbocycles. The van der Waals surface area contributed by atoms with E-state index >= 15 is 0 Å². The first-order valence-corrected chi connectivity index (χ1v) is 8.68. The fourth-order valence-electron chi connectivity index (χ4n) is 2.70. The number of hydrogen-bond donors (Lipinski definition) is 3. The Balaban J connectivity index is 1.55. The van der Waals surface area contributed by atoms with Crippen LogP contribution in [0.5, 0.6) is 0 Å². The number of amidine groups is 1. The highest BCUT2D eigenvalue weighted by atomic mass is 32.2. The van der Waals surface area contributed by atoms with Crippen molar-refractivity contribution in [2.75, 3.05) is 13.2 Å². The van der Waals surface area contributed by atoms with Crippen molar-refractivity contribution in [2.24, 2.45) is 4.99 Å². The second kappa shape index (κ2) is 7.63. The number of rotatable bonds is 5. The van der Waals surface area contributed by atoms with Gasteiger partial charge in [-0.2, -0.15) is 0 Å². The highest BCUT2D eigenvalue weighted by Crippen LogP contribution is 2.34. The molecule has 0 aliphatic carbocycles. The summed E-state index contributed by atoms with van der Waals surface area (Å²) in [7, 11) is 0. The molecule has 0 radical (unpaired) electrons. The largest absolute Gasteiger partial charge is 0.388 e. The van der Waals surface area contributed by atoms with Gasteiger partial charge in [-0.3, -0.25) is 4.99 Å². The number of aliphatic hydroxyl groups is 2. The van der Waals surface area contributed by atoms with Crippen molar-refractivity contribution in [1.29, 1.82) is 0 Å². The van der Waals surface area contributed by atoms with E-state index in [1.54, 1.807) is 0 Å². The van der Waals surface area contributed by atoms with Gasteiger partial charge in [0.2, 0.25) is 0 Å². The molecule has 0 amide bonds. The second-order valence-corrected chi connectivity index (χ2v) is 6.68. The van der Waals surface area contributed by atoms with Crippen LogP contribution in [0.15, 0.2) is 35.3 Å². The molecule has 0 bridgehead atoms.